The largest absolute Gasteiger partial charge is 0.493 e. The van der Waals surface area contributed by atoms with Crippen LogP contribution in [-0.4, -0.2) is 37.3 Å². The molecule has 1 saturated carbocycles. The number of fused-ring (bicyclic) bond motifs is 1. The Hall–Kier alpha value is -3.14. The van der Waals surface area contributed by atoms with Crippen molar-refractivity contribution in [1.82, 2.24) is 9.97 Å². The van der Waals surface area contributed by atoms with Gasteiger partial charge in [0.15, 0.2) is 11.5 Å². The van der Waals surface area contributed by atoms with E-state index in [4.69, 9.17) is 21.1 Å². The van der Waals surface area contributed by atoms with E-state index in [1.807, 2.05) is 0 Å². The molecule has 1 N–H and O–H groups in total. The minimum Gasteiger partial charge on any atom is -0.493 e. The minimum atomic E-state index is -4.75. The van der Waals surface area contributed by atoms with Crippen LogP contribution in [0.4, 0.5) is 23.4 Å². The highest BCUT2D eigenvalue weighted by atomic mass is 19.4. The van der Waals surface area contributed by atoms with Crippen LogP contribution in [0, 0.1) is 18.2 Å². The van der Waals surface area contributed by atoms with E-state index in [0.29, 0.717) is 18.9 Å². The van der Waals surface area contributed by atoms with E-state index < -0.39 is 42.6 Å². The number of hydrogen-bond acceptors (Lipinski definition) is 6. The van der Waals surface area contributed by atoms with Crippen LogP contribution in [0.5, 0.6) is 11.5 Å². The Bertz CT molecular complexity index is 1420. The number of anilines is 1. The van der Waals surface area contributed by atoms with Crippen LogP contribution in [0.2, 0.25) is 0 Å². The van der Waals surface area contributed by atoms with Gasteiger partial charge in [-0.15, -0.1) is 0 Å². The Labute approximate surface area is 207 Å². The van der Waals surface area contributed by atoms with Gasteiger partial charge >= 0.3 is 6.18 Å². The molecule has 0 unspecified atom stereocenters. The number of aromatic nitrogens is 2. The molecular formula is C25H27F4N3O3. The van der Waals surface area contributed by atoms with E-state index in [1.54, 1.807) is 6.92 Å². The molecule has 1 heterocycles. The van der Waals surface area contributed by atoms with E-state index in [0.717, 1.165) is 12.1 Å². The predicted octanol–water partition coefficient (Wildman–Crippen LogP) is 6.08. The van der Waals surface area contributed by atoms with E-state index in [-0.39, 0.29) is 46.2 Å². The topological polar surface area (TPSA) is 65.5 Å². The van der Waals surface area contributed by atoms with Gasteiger partial charge in [0, 0.05) is 24.0 Å². The highest BCUT2D eigenvalue weighted by molar-refractivity contribution is 5.92. The van der Waals surface area contributed by atoms with Crippen molar-refractivity contribution in [2.45, 2.75) is 38.9 Å². The first-order valence-electron chi connectivity index (χ1n) is 13.3. The second-order valence-electron chi connectivity index (χ2n) is 8.59. The third-order valence-electron chi connectivity index (χ3n) is 5.74. The van der Waals surface area contributed by atoms with Crippen LogP contribution in [0.1, 0.15) is 49.6 Å². The minimum absolute atomic E-state index is 0.00198. The van der Waals surface area contributed by atoms with Crippen molar-refractivity contribution < 1.29 is 38.6 Å². The summed E-state index contributed by atoms with van der Waals surface area (Å²) in [6.07, 6.45) is -3.78. The van der Waals surface area contributed by atoms with Gasteiger partial charge in [-0.3, -0.25) is 0 Å². The lowest BCUT2D eigenvalue weighted by molar-refractivity contribution is -0.137. The number of rotatable bonds is 9. The zero-order chi connectivity index (χ0) is 29.7. The molecule has 0 bridgehead atoms. The second-order valence-corrected chi connectivity index (χ2v) is 8.59. The number of methoxy groups -OCH3 is 2. The first kappa shape index (κ1) is 19.1. The number of nitrogens with one attached hydrogen (secondary N) is 1. The van der Waals surface area contributed by atoms with E-state index in [9.17, 15) is 17.6 Å². The van der Waals surface area contributed by atoms with Gasteiger partial charge in [0.1, 0.15) is 17.5 Å². The Balaban J connectivity index is 1.78. The molecule has 1 atom stereocenters. The van der Waals surface area contributed by atoms with Crippen LogP contribution >= 0.6 is 0 Å². The van der Waals surface area contributed by atoms with Gasteiger partial charge in [0.2, 0.25) is 0 Å². The monoisotopic (exact) mass is 498 g/mol. The number of halogens is 4. The molecule has 1 aliphatic carbocycles. The summed E-state index contributed by atoms with van der Waals surface area (Å²) >= 11 is 0. The number of nitrogens with zero attached hydrogens (tertiary/aromatic N) is 2. The molecular weight excluding hydrogens is 466 g/mol. The molecule has 0 aliphatic heterocycles. The smallest absolute Gasteiger partial charge is 0.416 e. The Morgan fingerprint density at radius 1 is 1.17 bits per heavy atom. The summed E-state index contributed by atoms with van der Waals surface area (Å²) in [6, 6.07) is 3.91. The molecule has 6 nitrogen and oxygen atoms in total. The number of aryl methyl sites for hydroxylation is 1. The molecule has 4 rings (SSSR count). The van der Waals surface area contributed by atoms with Gasteiger partial charge in [0.25, 0.3) is 0 Å². The van der Waals surface area contributed by atoms with Crippen molar-refractivity contribution >= 4 is 16.7 Å². The van der Waals surface area contributed by atoms with Crippen molar-refractivity contribution in [3.63, 3.8) is 0 Å². The quantitative estimate of drug-likeness (QED) is 0.361. The second kappa shape index (κ2) is 9.49. The van der Waals surface area contributed by atoms with Crippen LogP contribution in [0.3, 0.4) is 0 Å². The van der Waals surface area contributed by atoms with Crippen molar-refractivity contribution in [2.75, 3.05) is 32.6 Å². The fraction of sp³-hybridized carbons (Fsp3) is 0.440. The third-order valence-corrected chi connectivity index (χ3v) is 5.74. The Morgan fingerprint density at radius 3 is 2.60 bits per heavy atom. The standard InChI is InChI=1S/C25H27F4N3O3/c1-14(16-7-17(25(27,28)29)9-18(26)8-16)30-23-19-10-22(35-13-24(5-6-24)12-33-3)21(34-4)11-20(19)31-15(2)32-23/h7-11,14H,5-6,12-13H2,1-4H3,(H,30,31,32)/t14-/m1/s1/i4D3,13D2. The molecule has 3 aromatic rings. The molecule has 35 heavy (non-hydrogen) atoms. The van der Waals surface area contributed by atoms with Gasteiger partial charge in [0.05, 0.1) is 44.2 Å². The van der Waals surface area contributed by atoms with Crippen molar-refractivity contribution in [3.8, 4) is 11.5 Å². The lowest BCUT2D eigenvalue weighted by Gasteiger charge is -2.20. The molecule has 0 saturated heterocycles. The number of benzene rings is 2. The molecule has 1 aliphatic rings. The van der Waals surface area contributed by atoms with Crippen LogP contribution in [0.25, 0.3) is 10.9 Å². The van der Waals surface area contributed by atoms with Crippen LogP contribution in [0.15, 0.2) is 30.3 Å². The highest BCUT2D eigenvalue weighted by Crippen LogP contribution is 2.47. The summed E-state index contributed by atoms with van der Waals surface area (Å²) in [5, 5.41) is 3.20. The first-order valence-corrected chi connectivity index (χ1v) is 10.8. The highest BCUT2D eigenvalue weighted by Gasteiger charge is 2.43. The van der Waals surface area contributed by atoms with Crippen molar-refractivity contribution in [1.29, 1.82) is 0 Å². The summed E-state index contributed by atoms with van der Waals surface area (Å²) < 4.78 is 110. The summed E-state index contributed by atoms with van der Waals surface area (Å²) in [5.74, 6) is -1.24. The first-order chi connectivity index (χ1) is 18.4. The van der Waals surface area contributed by atoms with Gasteiger partial charge in [-0.2, -0.15) is 13.2 Å². The molecule has 0 radical (unpaired) electrons. The maximum atomic E-state index is 14.0. The number of hydrogen-bond donors (Lipinski definition) is 1. The third kappa shape index (κ3) is 5.58. The average Bonchev–Trinajstić information content (AvgIpc) is 3.59. The summed E-state index contributed by atoms with van der Waals surface area (Å²) in [5.41, 5.74) is -1.89. The molecule has 0 spiro atoms. The van der Waals surface area contributed by atoms with E-state index in [1.165, 1.54) is 26.2 Å². The molecule has 1 fully saturated rings. The maximum Gasteiger partial charge on any atom is 0.416 e. The lowest BCUT2D eigenvalue weighted by Crippen LogP contribution is -2.18. The lowest BCUT2D eigenvalue weighted by atomic mass is 10.0. The van der Waals surface area contributed by atoms with Crippen LogP contribution in [-0.2, 0) is 10.9 Å². The van der Waals surface area contributed by atoms with Gasteiger partial charge in [-0.05, 0) is 56.5 Å². The fourth-order valence-corrected chi connectivity index (χ4v) is 3.70. The van der Waals surface area contributed by atoms with Crippen molar-refractivity contribution in [3.05, 3.63) is 53.1 Å². The zero-order valence-electron chi connectivity index (χ0n) is 24.2. The molecule has 10 heteroatoms. The normalized spacial score (nSPS) is 18.5. The molecule has 188 valence electrons. The fourth-order valence-electron chi connectivity index (χ4n) is 3.70. The van der Waals surface area contributed by atoms with Gasteiger partial charge < -0.3 is 19.5 Å². The SMILES string of the molecule is [2H]C([2H])([2H])Oc1cc2nc(C)nc(N[C@H](C)c3cc(F)cc(C(F)(F)F)c3)c2cc1OC([2H])([2H])C1(COC)CC1. The average molecular weight is 499 g/mol. The van der Waals surface area contributed by atoms with Crippen molar-refractivity contribution in [2.24, 2.45) is 5.41 Å². The summed E-state index contributed by atoms with van der Waals surface area (Å²) in [6.45, 7) is 0.866. The molecule has 2 aromatic carbocycles. The number of ether oxygens (including phenoxy) is 3. The summed E-state index contributed by atoms with van der Waals surface area (Å²) in [7, 11) is -1.46. The van der Waals surface area contributed by atoms with Gasteiger partial charge in [-0.25, -0.2) is 14.4 Å². The predicted molar refractivity (Wildman–Crippen MR) is 123 cm³/mol. The maximum absolute atomic E-state index is 14.0. The van der Waals surface area contributed by atoms with Gasteiger partial charge in [-0.1, -0.05) is 0 Å². The molecule has 1 aromatic heterocycles. The van der Waals surface area contributed by atoms with E-state index >= 15 is 0 Å². The van der Waals surface area contributed by atoms with E-state index in [2.05, 4.69) is 15.3 Å². The Morgan fingerprint density at radius 2 is 1.94 bits per heavy atom. The Kier molecular flexibility index (Phi) is 5.18. The number of alkyl halides is 3. The zero-order valence-corrected chi connectivity index (χ0v) is 19.2. The summed E-state index contributed by atoms with van der Waals surface area (Å²) in [4.78, 5) is 8.64. The van der Waals surface area contributed by atoms with Crippen LogP contribution < -0.4 is 14.8 Å². The molecule has 0 amide bonds.